The van der Waals surface area contributed by atoms with Crippen molar-refractivity contribution in [2.24, 2.45) is 22.9 Å². The highest BCUT2D eigenvalue weighted by Crippen LogP contribution is 2.15. The predicted octanol–water partition coefficient (Wildman–Crippen LogP) is 0.184. The second kappa shape index (κ2) is 9.42. The second-order valence-electron chi connectivity index (χ2n) is 5.35. The van der Waals surface area contributed by atoms with Gasteiger partial charge in [-0.1, -0.05) is 24.3 Å². The minimum Gasteiger partial charge on any atom is -0.330 e. The Kier molecular flexibility index (Phi) is 7.90. The molecule has 0 heterocycles. The van der Waals surface area contributed by atoms with Crippen molar-refractivity contribution >= 4 is 11.6 Å². The van der Waals surface area contributed by atoms with E-state index in [0.29, 0.717) is 49.9 Å². The molecule has 6 nitrogen and oxygen atoms in total. The molecule has 22 heavy (non-hydrogen) atoms. The van der Waals surface area contributed by atoms with Gasteiger partial charge in [-0.25, -0.2) is 0 Å². The summed E-state index contributed by atoms with van der Waals surface area (Å²) in [5, 5.41) is 0. The molecular formula is C16H26N4O2. The van der Waals surface area contributed by atoms with Crippen LogP contribution < -0.4 is 22.9 Å². The van der Waals surface area contributed by atoms with Gasteiger partial charge in [-0.15, -0.1) is 0 Å². The van der Waals surface area contributed by atoms with Gasteiger partial charge in [0.25, 0.3) is 0 Å². The number of Topliss-reactive ketones (excluding diaryl/α,β-unsaturated/α-hetero) is 2. The lowest BCUT2D eigenvalue weighted by Gasteiger charge is -2.15. The van der Waals surface area contributed by atoms with Crippen LogP contribution in [0.5, 0.6) is 0 Å². The zero-order valence-corrected chi connectivity index (χ0v) is 12.8. The van der Waals surface area contributed by atoms with Gasteiger partial charge in [-0.3, -0.25) is 9.59 Å². The highest BCUT2D eigenvalue weighted by atomic mass is 16.1. The second-order valence-corrected chi connectivity index (χ2v) is 5.35. The van der Waals surface area contributed by atoms with E-state index < -0.39 is 12.1 Å². The van der Waals surface area contributed by atoms with Crippen LogP contribution >= 0.6 is 0 Å². The fraction of sp³-hybridized carbons (Fsp3) is 0.500. The molecule has 0 saturated heterocycles. The molecule has 1 rings (SSSR count). The number of ketones is 2. The van der Waals surface area contributed by atoms with Gasteiger partial charge in [-0.2, -0.15) is 0 Å². The van der Waals surface area contributed by atoms with Crippen molar-refractivity contribution in [3.63, 3.8) is 0 Å². The monoisotopic (exact) mass is 306 g/mol. The average molecular weight is 306 g/mol. The normalized spacial score (nSPS) is 13.6. The number of hydrogen-bond acceptors (Lipinski definition) is 6. The third-order valence-corrected chi connectivity index (χ3v) is 3.57. The Morgan fingerprint density at radius 1 is 0.818 bits per heavy atom. The van der Waals surface area contributed by atoms with E-state index in [-0.39, 0.29) is 11.6 Å². The summed E-state index contributed by atoms with van der Waals surface area (Å²) in [6, 6.07) is 5.35. The molecular weight excluding hydrogens is 280 g/mol. The van der Waals surface area contributed by atoms with Gasteiger partial charge in [-0.05, 0) is 38.8 Å². The summed E-state index contributed by atoms with van der Waals surface area (Å²) in [6.07, 6.45) is 2.33. The highest BCUT2D eigenvalue weighted by Gasteiger charge is 2.24. The summed E-state index contributed by atoms with van der Waals surface area (Å²) < 4.78 is 0. The number of rotatable bonds is 10. The van der Waals surface area contributed by atoms with Crippen molar-refractivity contribution in [3.8, 4) is 0 Å². The van der Waals surface area contributed by atoms with Gasteiger partial charge in [0, 0.05) is 11.1 Å². The van der Waals surface area contributed by atoms with E-state index in [9.17, 15) is 9.59 Å². The third kappa shape index (κ3) is 4.99. The standard InChI is InChI=1S/C16H26N4O2/c17-9-3-7-13(19)15(21)11-5-1-2-6-12(11)16(22)14(20)8-4-10-18/h1-2,5-6,13-14H,3-4,7-10,17-20H2. The van der Waals surface area contributed by atoms with Crippen LogP contribution in [-0.2, 0) is 0 Å². The Balaban J connectivity index is 2.93. The first kappa shape index (κ1) is 18.4. The number of carbonyl (C=O) groups is 2. The van der Waals surface area contributed by atoms with Crippen LogP contribution in [0.3, 0.4) is 0 Å². The van der Waals surface area contributed by atoms with Crippen molar-refractivity contribution in [1.29, 1.82) is 0 Å². The van der Waals surface area contributed by atoms with Crippen LogP contribution in [0, 0.1) is 0 Å². The molecule has 2 unspecified atom stereocenters. The molecule has 1 aromatic carbocycles. The third-order valence-electron chi connectivity index (χ3n) is 3.57. The molecule has 1 aromatic rings. The summed E-state index contributed by atoms with van der Waals surface area (Å²) in [7, 11) is 0. The minimum absolute atomic E-state index is 0.247. The van der Waals surface area contributed by atoms with Gasteiger partial charge in [0.15, 0.2) is 11.6 Å². The maximum Gasteiger partial charge on any atom is 0.180 e. The summed E-state index contributed by atoms with van der Waals surface area (Å²) >= 11 is 0. The van der Waals surface area contributed by atoms with Crippen LogP contribution in [0.4, 0.5) is 0 Å². The fourth-order valence-electron chi connectivity index (χ4n) is 2.25. The Bertz CT molecular complexity index is 460. The van der Waals surface area contributed by atoms with Gasteiger partial charge in [0.05, 0.1) is 12.1 Å². The minimum atomic E-state index is -0.655. The first-order valence-electron chi connectivity index (χ1n) is 7.61. The van der Waals surface area contributed by atoms with E-state index in [2.05, 4.69) is 0 Å². The van der Waals surface area contributed by atoms with Crippen LogP contribution in [0.25, 0.3) is 0 Å². The Labute approximate surface area is 131 Å². The molecule has 0 radical (unpaired) electrons. The lowest BCUT2D eigenvalue weighted by Crippen LogP contribution is -2.35. The molecule has 0 fully saturated rings. The van der Waals surface area contributed by atoms with Crippen molar-refractivity contribution in [2.75, 3.05) is 13.1 Å². The zero-order chi connectivity index (χ0) is 16.5. The molecule has 122 valence electrons. The van der Waals surface area contributed by atoms with E-state index in [0.717, 1.165) is 0 Å². The SMILES string of the molecule is NCCCC(N)C(=O)c1ccccc1C(=O)C(N)CCCN. The highest BCUT2D eigenvalue weighted by molar-refractivity contribution is 6.12. The van der Waals surface area contributed by atoms with Crippen LogP contribution in [0.15, 0.2) is 24.3 Å². The first-order valence-corrected chi connectivity index (χ1v) is 7.61. The summed E-state index contributed by atoms with van der Waals surface area (Å²) in [4.78, 5) is 24.9. The van der Waals surface area contributed by atoms with Crippen molar-refractivity contribution in [1.82, 2.24) is 0 Å². The van der Waals surface area contributed by atoms with E-state index in [1.165, 1.54) is 0 Å². The Morgan fingerprint density at radius 3 is 1.50 bits per heavy atom. The van der Waals surface area contributed by atoms with Gasteiger partial charge >= 0.3 is 0 Å². The Morgan fingerprint density at radius 2 is 1.18 bits per heavy atom. The predicted molar refractivity (Wildman–Crippen MR) is 87.6 cm³/mol. The molecule has 0 aliphatic rings. The van der Waals surface area contributed by atoms with Crippen LogP contribution in [-0.4, -0.2) is 36.7 Å². The van der Waals surface area contributed by atoms with Crippen LogP contribution in [0.1, 0.15) is 46.4 Å². The van der Waals surface area contributed by atoms with E-state index in [1.54, 1.807) is 24.3 Å². The molecule has 0 bridgehead atoms. The molecule has 0 saturated carbocycles. The Hall–Kier alpha value is -1.60. The average Bonchev–Trinajstić information content (AvgIpc) is 2.56. The van der Waals surface area contributed by atoms with Crippen molar-refractivity contribution in [3.05, 3.63) is 35.4 Å². The van der Waals surface area contributed by atoms with Gasteiger partial charge < -0.3 is 22.9 Å². The molecule has 8 N–H and O–H groups in total. The molecule has 0 amide bonds. The molecule has 6 heteroatoms. The molecule has 0 aliphatic heterocycles. The zero-order valence-electron chi connectivity index (χ0n) is 12.8. The largest absolute Gasteiger partial charge is 0.330 e. The maximum absolute atomic E-state index is 12.4. The first-order chi connectivity index (χ1) is 10.5. The van der Waals surface area contributed by atoms with Crippen molar-refractivity contribution in [2.45, 2.75) is 37.8 Å². The quantitative estimate of drug-likeness (QED) is 0.455. The smallest absolute Gasteiger partial charge is 0.180 e. The van der Waals surface area contributed by atoms with Gasteiger partial charge in [0.2, 0.25) is 0 Å². The summed E-state index contributed by atoms with van der Waals surface area (Å²) in [5.41, 5.74) is 23.3. The molecule has 2 atom stereocenters. The van der Waals surface area contributed by atoms with Gasteiger partial charge in [0.1, 0.15) is 0 Å². The number of nitrogens with two attached hydrogens (primary N) is 4. The van der Waals surface area contributed by atoms with E-state index >= 15 is 0 Å². The summed E-state index contributed by atoms with van der Waals surface area (Å²) in [5.74, 6) is -0.494. The topological polar surface area (TPSA) is 138 Å². The maximum atomic E-state index is 12.4. The molecule has 0 aromatic heterocycles. The molecule has 0 aliphatic carbocycles. The number of carbonyl (C=O) groups excluding carboxylic acids is 2. The van der Waals surface area contributed by atoms with E-state index in [4.69, 9.17) is 22.9 Å². The number of hydrogen-bond donors (Lipinski definition) is 4. The van der Waals surface area contributed by atoms with E-state index in [1.807, 2.05) is 0 Å². The lowest BCUT2D eigenvalue weighted by molar-refractivity contribution is 0.0923. The van der Waals surface area contributed by atoms with Crippen molar-refractivity contribution < 1.29 is 9.59 Å². The lowest BCUT2D eigenvalue weighted by atomic mass is 9.91. The number of benzene rings is 1. The molecule has 0 spiro atoms. The fourth-order valence-corrected chi connectivity index (χ4v) is 2.25. The van der Waals surface area contributed by atoms with Crippen LogP contribution in [0.2, 0.25) is 0 Å². The summed E-state index contributed by atoms with van der Waals surface area (Å²) in [6.45, 7) is 0.955.